The minimum Gasteiger partial charge on any atom is -0.466 e. The molecule has 4 heteroatoms. The third kappa shape index (κ3) is 4.45. The summed E-state index contributed by atoms with van der Waals surface area (Å²) >= 11 is 0. The van der Waals surface area contributed by atoms with Crippen molar-refractivity contribution in [3.63, 3.8) is 0 Å². The average Bonchev–Trinajstić information content (AvgIpc) is 2.54. The molecule has 0 unspecified atom stereocenters. The van der Waals surface area contributed by atoms with E-state index in [1.54, 1.807) is 6.08 Å². The Morgan fingerprint density at radius 3 is 2.45 bits per heavy atom. The molecule has 1 saturated heterocycles. The Kier molecular flexibility index (Phi) is 5.75. The Hall–Kier alpha value is -2.10. The number of nitrogens with zero attached hydrogens (tertiary/aromatic N) is 1. The van der Waals surface area contributed by atoms with Crippen molar-refractivity contribution in [1.82, 2.24) is 4.90 Å². The maximum atomic E-state index is 12.1. The van der Waals surface area contributed by atoms with Gasteiger partial charge in [0.1, 0.15) is 0 Å². The van der Waals surface area contributed by atoms with E-state index in [2.05, 4.69) is 4.90 Å². The van der Waals surface area contributed by atoms with Crippen LogP contribution < -0.4 is 0 Å². The number of carbonyl (C=O) groups excluding carboxylic acids is 2. The van der Waals surface area contributed by atoms with Gasteiger partial charge in [-0.25, -0.2) is 0 Å². The molecule has 118 valence electrons. The Morgan fingerprint density at radius 2 is 1.86 bits per heavy atom. The summed E-state index contributed by atoms with van der Waals surface area (Å²) in [6.45, 7) is 5.82. The summed E-state index contributed by atoms with van der Waals surface area (Å²) in [5, 5.41) is 0. The van der Waals surface area contributed by atoms with Crippen LogP contribution in [0.2, 0.25) is 0 Å². The SMILES string of the molecule is CCOC(=O)C1CCN(C=CC(=O)c2ccc(C)cc2)CC1. The van der Waals surface area contributed by atoms with Crippen molar-refractivity contribution in [2.24, 2.45) is 5.92 Å². The molecule has 2 rings (SSSR count). The van der Waals surface area contributed by atoms with Crippen molar-refractivity contribution < 1.29 is 14.3 Å². The van der Waals surface area contributed by atoms with Crippen molar-refractivity contribution >= 4 is 11.8 Å². The number of rotatable bonds is 5. The van der Waals surface area contributed by atoms with Crippen LogP contribution in [0.3, 0.4) is 0 Å². The number of hydrogen-bond acceptors (Lipinski definition) is 4. The number of allylic oxidation sites excluding steroid dienone is 1. The van der Waals surface area contributed by atoms with E-state index >= 15 is 0 Å². The fraction of sp³-hybridized carbons (Fsp3) is 0.444. The smallest absolute Gasteiger partial charge is 0.309 e. The van der Waals surface area contributed by atoms with Gasteiger partial charge in [-0.3, -0.25) is 9.59 Å². The second-order valence-corrected chi connectivity index (χ2v) is 5.61. The zero-order valence-corrected chi connectivity index (χ0v) is 13.2. The third-order valence-corrected chi connectivity index (χ3v) is 3.92. The predicted molar refractivity (Wildman–Crippen MR) is 85.6 cm³/mol. The minimum atomic E-state index is -0.0955. The molecule has 1 aliphatic heterocycles. The molecule has 0 aliphatic carbocycles. The molecule has 1 aromatic carbocycles. The van der Waals surface area contributed by atoms with E-state index in [1.165, 1.54) is 0 Å². The van der Waals surface area contributed by atoms with Crippen LogP contribution in [0.5, 0.6) is 0 Å². The van der Waals surface area contributed by atoms with Crippen molar-refractivity contribution in [3.05, 3.63) is 47.7 Å². The lowest BCUT2D eigenvalue weighted by molar-refractivity contribution is -0.149. The van der Waals surface area contributed by atoms with Gasteiger partial charge in [0, 0.05) is 30.9 Å². The van der Waals surface area contributed by atoms with E-state index in [1.807, 2.05) is 44.3 Å². The second-order valence-electron chi connectivity index (χ2n) is 5.61. The van der Waals surface area contributed by atoms with Gasteiger partial charge in [-0.1, -0.05) is 29.8 Å². The number of ketones is 1. The molecule has 22 heavy (non-hydrogen) atoms. The number of carbonyl (C=O) groups is 2. The van der Waals surface area contributed by atoms with E-state index in [0.717, 1.165) is 31.5 Å². The molecule has 1 fully saturated rings. The number of piperidine rings is 1. The molecule has 0 spiro atoms. The topological polar surface area (TPSA) is 46.6 Å². The second kappa shape index (κ2) is 7.78. The van der Waals surface area contributed by atoms with Crippen LogP contribution in [0.1, 0.15) is 35.7 Å². The molecular formula is C18H23NO3. The Bertz CT molecular complexity index is 540. The fourth-order valence-corrected chi connectivity index (χ4v) is 2.53. The van der Waals surface area contributed by atoms with Gasteiger partial charge in [-0.05, 0) is 26.7 Å². The molecule has 0 bridgehead atoms. The molecule has 0 N–H and O–H groups in total. The average molecular weight is 301 g/mol. The zero-order chi connectivity index (χ0) is 15.9. The molecule has 0 radical (unpaired) electrons. The fourth-order valence-electron chi connectivity index (χ4n) is 2.53. The third-order valence-electron chi connectivity index (χ3n) is 3.92. The number of esters is 1. The van der Waals surface area contributed by atoms with Crippen molar-refractivity contribution in [2.75, 3.05) is 19.7 Å². The predicted octanol–water partition coefficient (Wildman–Crippen LogP) is 2.97. The van der Waals surface area contributed by atoms with Gasteiger partial charge in [0.15, 0.2) is 5.78 Å². The summed E-state index contributed by atoms with van der Waals surface area (Å²) < 4.78 is 5.05. The lowest BCUT2D eigenvalue weighted by Crippen LogP contribution is -2.34. The summed E-state index contributed by atoms with van der Waals surface area (Å²) in [6.07, 6.45) is 5.00. The van der Waals surface area contributed by atoms with E-state index in [-0.39, 0.29) is 17.7 Å². The van der Waals surface area contributed by atoms with E-state index in [9.17, 15) is 9.59 Å². The van der Waals surface area contributed by atoms with Crippen LogP contribution in [0.15, 0.2) is 36.5 Å². The van der Waals surface area contributed by atoms with Crippen LogP contribution in [0.25, 0.3) is 0 Å². The van der Waals surface area contributed by atoms with Gasteiger partial charge in [0.05, 0.1) is 12.5 Å². The summed E-state index contributed by atoms with van der Waals surface area (Å²) in [5.74, 6) is -0.0909. The molecule has 0 aromatic heterocycles. The highest BCUT2D eigenvalue weighted by molar-refractivity contribution is 6.04. The van der Waals surface area contributed by atoms with Crippen LogP contribution in [0.4, 0.5) is 0 Å². The summed E-state index contributed by atoms with van der Waals surface area (Å²) in [7, 11) is 0. The number of benzene rings is 1. The maximum absolute atomic E-state index is 12.1. The monoisotopic (exact) mass is 301 g/mol. The quantitative estimate of drug-likeness (QED) is 0.476. The van der Waals surface area contributed by atoms with Gasteiger partial charge in [0.25, 0.3) is 0 Å². The summed E-state index contributed by atoms with van der Waals surface area (Å²) in [5.41, 5.74) is 1.84. The molecule has 1 aliphatic rings. The first-order valence-corrected chi connectivity index (χ1v) is 7.80. The van der Waals surface area contributed by atoms with Crippen molar-refractivity contribution in [2.45, 2.75) is 26.7 Å². The Labute approximate surface area is 131 Å². The number of ether oxygens (including phenoxy) is 1. The molecule has 1 aromatic rings. The van der Waals surface area contributed by atoms with E-state index < -0.39 is 0 Å². The van der Waals surface area contributed by atoms with Crippen LogP contribution in [0, 0.1) is 12.8 Å². The van der Waals surface area contributed by atoms with Gasteiger partial charge >= 0.3 is 5.97 Å². The molecular weight excluding hydrogens is 278 g/mol. The molecule has 1 heterocycles. The van der Waals surface area contributed by atoms with E-state index in [0.29, 0.717) is 12.2 Å². The minimum absolute atomic E-state index is 0.00241. The first kappa shape index (κ1) is 16.3. The number of likely N-dealkylation sites (tertiary alicyclic amines) is 1. The van der Waals surface area contributed by atoms with Gasteiger partial charge in [0.2, 0.25) is 0 Å². The van der Waals surface area contributed by atoms with Gasteiger partial charge in [-0.2, -0.15) is 0 Å². The van der Waals surface area contributed by atoms with Crippen LogP contribution in [-0.4, -0.2) is 36.3 Å². The summed E-state index contributed by atoms with van der Waals surface area (Å²) in [4.78, 5) is 25.8. The number of hydrogen-bond donors (Lipinski definition) is 0. The summed E-state index contributed by atoms with van der Waals surface area (Å²) in [6, 6.07) is 7.56. The molecule has 0 amide bonds. The molecule has 0 saturated carbocycles. The normalized spacial score (nSPS) is 16.0. The molecule has 4 nitrogen and oxygen atoms in total. The first-order valence-electron chi connectivity index (χ1n) is 7.80. The van der Waals surface area contributed by atoms with Crippen LogP contribution in [-0.2, 0) is 9.53 Å². The lowest BCUT2D eigenvalue weighted by atomic mass is 9.97. The Morgan fingerprint density at radius 1 is 1.23 bits per heavy atom. The highest BCUT2D eigenvalue weighted by atomic mass is 16.5. The van der Waals surface area contributed by atoms with Gasteiger partial charge in [-0.15, -0.1) is 0 Å². The first-order chi connectivity index (χ1) is 10.6. The lowest BCUT2D eigenvalue weighted by Gasteiger charge is -2.29. The Balaban J connectivity index is 1.83. The van der Waals surface area contributed by atoms with Crippen LogP contribution >= 0.6 is 0 Å². The largest absolute Gasteiger partial charge is 0.466 e. The van der Waals surface area contributed by atoms with Crippen molar-refractivity contribution in [3.8, 4) is 0 Å². The standard InChI is InChI=1S/C18H23NO3/c1-3-22-18(21)16-8-11-19(12-9-16)13-10-17(20)15-6-4-14(2)5-7-15/h4-7,10,13,16H,3,8-9,11-12H2,1-2H3. The number of aryl methyl sites for hydroxylation is 1. The van der Waals surface area contributed by atoms with Crippen molar-refractivity contribution in [1.29, 1.82) is 0 Å². The zero-order valence-electron chi connectivity index (χ0n) is 13.2. The highest BCUT2D eigenvalue weighted by Gasteiger charge is 2.24. The highest BCUT2D eigenvalue weighted by Crippen LogP contribution is 2.19. The molecule has 0 atom stereocenters. The maximum Gasteiger partial charge on any atom is 0.309 e. The van der Waals surface area contributed by atoms with Gasteiger partial charge < -0.3 is 9.64 Å². The van der Waals surface area contributed by atoms with E-state index in [4.69, 9.17) is 4.74 Å².